The summed E-state index contributed by atoms with van der Waals surface area (Å²) in [5.74, 6) is 0. The van der Waals surface area contributed by atoms with Crippen LogP contribution in [0.1, 0.15) is 66.7 Å². The Labute approximate surface area is 203 Å². The van der Waals surface area contributed by atoms with Crippen LogP contribution in [0, 0.1) is 5.41 Å². The van der Waals surface area contributed by atoms with E-state index in [2.05, 4.69) is 132 Å². The molecule has 0 N–H and O–H groups in total. The number of rotatable bonds is 10. The molecule has 33 heavy (non-hydrogen) atoms. The minimum absolute atomic E-state index is 0.432. The summed E-state index contributed by atoms with van der Waals surface area (Å²) in [5, 5.41) is 4.54. The first-order chi connectivity index (χ1) is 15.8. The van der Waals surface area contributed by atoms with Crippen LogP contribution < -0.4 is 15.9 Å². The molecule has 0 radical (unpaired) electrons. The van der Waals surface area contributed by atoms with E-state index in [9.17, 15) is 0 Å². The van der Waals surface area contributed by atoms with Crippen molar-refractivity contribution in [1.29, 1.82) is 0 Å². The Hall–Kier alpha value is -2.17. The zero-order valence-electron chi connectivity index (χ0n) is 21.4. The van der Waals surface area contributed by atoms with Gasteiger partial charge in [-0.3, -0.25) is 0 Å². The molecule has 0 bridgehead atoms. The van der Waals surface area contributed by atoms with Crippen molar-refractivity contribution in [1.82, 2.24) is 0 Å². The maximum absolute atomic E-state index is 2.51. The van der Waals surface area contributed by atoms with Crippen LogP contribution in [0.3, 0.4) is 0 Å². The summed E-state index contributed by atoms with van der Waals surface area (Å²) in [6.45, 7) is 11.9. The SMILES string of the molecule is C/C(=C\CCC(C)[PH](c1ccccc1)(c1ccccc1)c1ccccc1)CCCC(C)(C)C. The third kappa shape index (κ3) is 6.68. The molecule has 1 heteroatoms. The van der Waals surface area contributed by atoms with Gasteiger partial charge < -0.3 is 0 Å². The van der Waals surface area contributed by atoms with Crippen molar-refractivity contribution in [3.05, 3.63) is 103 Å². The van der Waals surface area contributed by atoms with E-state index in [0.717, 1.165) is 6.42 Å². The molecule has 0 heterocycles. The molecule has 0 aliphatic rings. The van der Waals surface area contributed by atoms with E-state index in [1.165, 1.54) is 41.6 Å². The van der Waals surface area contributed by atoms with Gasteiger partial charge in [0, 0.05) is 0 Å². The summed E-state index contributed by atoms with van der Waals surface area (Å²) in [7, 11) is -2.18. The number of hydrogen-bond acceptors (Lipinski definition) is 0. The van der Waals surface area contributed by atoms with Gasteiger partial charge in [-0.15, -0.1) is 0 Å². The van der Waals surface area contributed by atoms with Crippen LogP contribution in [-0.4, -0.2) is 5.66 Å². The maximum atomic E-state index is 2.51. The van der Waals surface area contributed by atoms with Gasteiger partial charge in [-0.2, -0.15) is 0 Å². The van der Waals surface area contributed by atoms with Gasteiger partial charge in [0.1, 0.15) is 0 Å². The first-order valence-electron chi connectivity index (χ1n) is 12.7. The Bertz CT molecular complexity index is 884. The Balaban J connectivity index is 1.91. The zero-order valence-corrected chi connectivity index (χ0v) is 22.4. The monoisotopic (exact) mass is 458 g/mol. The van der Waals surface area contributed by atoms with E-state index in [0.29, 0.717) is 11.1 Å². The molecule has 1 unspecified atom stereocenters. The average molecular weight is 459 g/mol. The molecule has 0 aromatic heterocycles. The molecule has 0 amide bonds. The second kappa shape index (κ2) is 11.8. The van der Waals surface area contributed by atoms with Gasteiger partial charge in [-0.05, 0) is 0 Å². The van der Waals surface area contributed by atoms with Crippen LogP contribution in [0.15, 0.2) is 103 Å². The fraction of sp³-hybridized carbons (Fsp3) is 0.375. The van der Waals surface area contributed by atoms with Crippen LogP contribution >= 0.6 is 7.26 Å². The predicted octanol–water partition coefficient (Wildman–Crippen LogP) is 8.04. The van der Waals surface area contributed by atoms with E-state index in [4.69, 9.17) is 0 Å². The van der Waals surface area contributed by atoms with Crippen LogP contribution in [0.4, 0.5) is 0 Å². The normalized spacial score (nSPS) is 14.2. The zero-order chi connectivity index (χ0) is 23.7. The van der Waals surface area contributed by atoms with E-state index in [1.54, 1.807) is 5.57 Å². The molecular weight excluding hydrogens is 415 g/mol. The van der Waals surface area contributed by atoms with Crippen molar-refractivity contribution < 1.29 is 0 Å². The van der Waals surface area contributed by atoms with Crippen molar-refractivity contribution in [2.75, 3.05) is 0 Å². The number of hydrogen-bond donors (Lipinski definition) is 0. The molecule has 3 rings (SSSR count). The summed E-state index contributed by atoms with van der Waals surface area (Å²) < 4.78 is 0. The van der Waals surface area contributed by atoms with Gasteiger partial charge in [0.25, 0.3) is 0 Å². The van der Waals surface area contributed by atoms with Crippen molar-refractivity contribution in [3.63, 3.8) is 0 Å². The molecule has 0 spiro atoms. The Morgan fingerprint density at radius 2 is 1.18 bits per heavy atom. The summed E-state index contributed by atoms with van der Waals surface area (Å²) in [4.78, 5) is 0. The fourth-order valence-electron chi connectivity index (χ4n) is 5.25. The third-order valence-electron chi connectivity index (χ3n) is 7.02. The Morgan fingerprint density at radius 3 is 1.58 bits per heavy atom. The molecule has 0 nitrogen and oxygen atoms in total. The van der Waals surface area contributed by atoms with Gasteiger partial charge in [-0.1, -0.05) is 0 Å². The van der Waals surface area contributed by atoms with Crippen LogP contribution in [0.5, 0.6) is 0 Å². The molecule has 0 saturated carbocycles. The first-order valence-corrected chi connectivity index (χ1v) is 14.7. The second-order valence-electron chi connectivity index (χ2n) is 10.8. The van der Waals surface area contributed by atoms with Gasteiger partial charge in [0.15, 0.2) is 0 Å². The second-order valence-corrected chi connectivity index (χ2v) is 15.2. The Morgan fingerprint density at radius 1 is 0.758 bits per heavy atom. The molecule has 3 aromatic rings. The quantitative estimate of drug-likeness (QED) is 0.213. The molecule has 0 aliphatic heterocycles. The summed E-state index contributed by atoms with van der Waals surface area (Å²) >= 11 is 0. The van der Waals surface area contributed by atoms with E-state index >= 15 is 0 Å². The van der Waals surface area contributed by atoms with Gasteiger partial charge >= 0.3 is 204 Å². The summed E-state index contributed by atoms with van der Waals surface area (Å²) in [6, 6.07) is 34.0. The van der Waals surface area contributed by atoms with E-state index < -0.39 is 7.26 Å². The molecule has 3 aromatic carbocycles. The first kappa shape index (κ1) is 25.5. The van der Waals surface area contributed by atoms with Gasteiger partial charge in [0.2, 0.25) is 0 Å². The topological polar surface area (TPSA) is 0 Å². The van der Waals surface area contributed by atoms with Crippen LogP contribution in [-0.2, 0) is 0 Å². The van der Waals surface area contributed by atoms with Crippen LogP contribution in [0.25, 0.3) is 0 Å². The van der Waals surface area contributed by atoms with Crippen molar-refractivity contribution in [3.8, 4) is 0 Å². The molecular formula is C32H43P. The van der Waals surface area contributed by atoms with Crippen molar-refractivity contribution >= 4 is 23.2 Å². The molecule has 0 fully saturated rings. The van der Waals surface area contributed by atoms with Gasteiger partial charge in [-0.25, -0.2) is 0 Å². The van der Waals surface area contributed by atoms with Crippen LogP contribution in [0.2, 0.25) is 0 Å². The van der Waals surface area contributed by atoms with Crippen molar-refractivity contribution in [2.45, 2.75) is 72.4 Å². The van der Waals surface area contributed by atoms with E-state index in [1.807, 2.05) is 0 Å². The summed E-state index contributed by atoms with van der Waals surface area (Å²) in [5.41, 5.74) is 2.57. The van der Waals surface area contributed by atoms with Crippen molar-refractivity contribution in [2.24, 2.45) is 5.41 Å². The standard InChI is InChI=1S/C32H43P/c1-27(18-16-26-32(3,4)5)17-15-19-28(2)33(29-20-9-6-10-21-29,30-22-11-7-12-23-30)31-24-13-8-14-25-31/h6-14,17,20-25,28,33H,15-16,18-19,26H2,1-5H3/b27-17+. The average Bonchev–Trinajstić information content (AvgIpc) is 2.81. The van der Waals surface area contributed by atoms with E-state index in [-0.39, 0.29) is 0 Å². The third-order valence-corrected chi connectivity index (χ3v) is 12.5. The number of benzene rings is 3. The molecule has 1 atom stereocenters. The predicted molar refractivity (Wildman–Crippen MR) is 152 cm³/mol. The molecule has 0 aliphatic carbocycles. The summed E-state index contributed by atoms with van der Waals surface area (Å²) in [6.07, 6.45) is 8.69. The molecule has 176 valence electrons. The van der Waals surface area contributed by atoms with Gasteiger partial charge in [0.05, 0.1) is 0 Å². The fourth-order valence-corrected chi connectivity index (χ4v) is 10.7. The number of allylic oxidation sites excluding steroid dienone is 2. The molecule has 0 saturated heterocycles. The minimum atomic E-state index is -2.18. The Kier molecular flexibility index (Phi) is 9.10.